The molecule has 29 heavy (non-hydrogen) atoms. The van der Waals surface area contributed by atoms with Crippen LogP contribution in [0.3, 0.4) is 0 Å². The van der Waals surface area contributed by atoms with E-state index in [4.69, 9.17) is 5.73 Å². The Kier molecular flexibility index (Phi) is 5.56. The summed E-state index contributed by atoms with van der Waals surface area (Å²) >= 11 is 0. The minimum absolute atomic E-state index is 0.00109. The largest absolute Gasteiger partial charge is 0.384 e. The number of anilines is 1. The van der Waals surface area contributed by atoms with Gasteiger partial charge in [-0.25, -0.2) is 4.68 Å². The standard InChI is InChI=1S/C22H29N5O2/c1-16-13-20(23)27(24-16)15-22(29)26-10-4-9-25(11-12-26)21(28)14-18-8-7-17-5-2-3-6-19(17)18/h2-3,5-6,13,18H,4,7-12,14-15,23H2,1H3. The maximum atomic E-state index is 12.9. The van der Waals surface area contributed by atoms with Crippen LogP contribution in [0.25, 0.3) is 0 Å². The maximum absolute atomic E-state index is 12.9. The minimum Gasteiger partial charge on any atom is -0.384 e. The van der Waals surface area contributed by atoms with Gasteiger partial charge in [0.2, 0.25) is 11.8 Å². The molecular formula is C22H29N5O2. The Balaban J connectivity index is 1.32. The van der Waals surface area contributed by atoms with Crippen molar-refractivity contribution >= 4 is 17.6 Å². The molecule has 1 saturated heterocycles. The summed E-state index contributed by atoms with van der Waals surface area (Å²) in [6.45, 7) is 4.52. The van der Waals surface area contributed by atoms with E-state index in [9.17, 15) is 9.59 Å². The number of hydrogen-bond donors (Lipinski definition) is 1. The Morgan fingerprint density at radius 3 is 2.55 bits per heavy atom. The zero-order valence-corrected chi connectivity index (χ0v) is 17.0. The molecule has 2 heterocycles. The van der Waals surface area contributed by atoms with Gasteiger partial charge in [0.05, 0.1) is 5.69 Å². The van der Waals surface area contributed by atoms with Crippen molar-refractivity contribution in [3.63, 3.8) is 0 Å². The number of amides is 2. The zero-order chi connectivity index (χ0) is 20.4. The molecule has 1 aromatic heterocycles. The summed E-state index contributed by atoms with van der Waals surface area (Å²) in [6, 6.07) is 10.2. The number of carbonyl (C=O) groups excluding carboxylic acids is 2. The summed E-state index contributed by atoms with van der Waals surface area (Å²) in [7, 11) is 0. The molecule has 1 aliphatic carbocycles. The number of rotatable bonds is 4. The topological polar surface area (TPSA) is 84.5 Å². The fraction of sp³-hybridized carbons (Fsp3) is 0.500. The van der Waals surface area contributed by atoms with Crippen LogP contribution in [-0.4, -0.2) is 57.6 Å². The van der Waals surface area contributed by atoms with E-state index in [1.54, 1.807) is 10.7 Å². The lowest BCUT2D eigenvalue weighted by Gasteiger charge is -2.23. The van der Waals surface area contributed by atoms with Crippen LogP contribution in [0.4, 0.5) is 5.82 Å². The molecule has 154 valence electrons. The van der Waals surface area contributed by atoms with E-state index in [-0.39, 0.29) is 18.4 Å². The van der Waals surface area contributed by atoms with Gasteiger partial charge in [0.25, 0.3) is 0 Å². The van der Waals surface area contributed by atoms with Gasteiger partial charge in [-0.05, 0) is 43.2 Å². The van der Waals surface area contributed by atoms with Crippen LogP contribution in [0.2, 0.25) is 0 Å². The second-order valence-electron chi connectivity index (χ2n) is 8.12. The Morgan fingerprint density at radius 2 is 1.83 bits per heavy atom. The Morgan fingerprint density at radius 1 is 1.10 bits per heavy atom. The smallest absolute Gasteiger partial charge is 0.244 e. The van der Waals surface area contributed by atoms with Gasteiger partial charge in [0.15, 0.2) is 0 Å². The van der Waals surface area contributed by atoms with Gasteiger partial charge in [-0.3, -0.25) is 9.59 Å². The van der Waals surface area contributed by atoms with Crippen LogP contribution in [0.15, 0.2) is 30.3 Å². The van der Waals surface area contributed by atoms with Crippen LogP contribution in [-0.2, 0) is 22.6 Å². The van der Waals surface area contributed by atoms with Gasteiger partial charge in [-0.15, -0.1) is 0 Å². The fourth-order valence-electron chi connectivity index (χ4n) is 4.53. The first-order valence-electron chi connectivity index (χ1n) is 10.4. The summed E-state index contributed by atoms with van der Waals surface area (Å²) in [5, 5.41) is 4.27. The average molecular weight is 396 g/mol. The molecule has 1 fully saturated rings. The minimum atomic E-state index is -0.00109. The van der Waals surface area contributed by atoms with Crippen molar-refractivity contribution in [1.82, 2.24) is 19.6 Å². The third-order valence-corrected chi connectivity index (χ3v) is 6.10. The Bertz CT molecular complexity index is 906. The van der Waals surface area contributed by atoms with Crippen molar-refractivity contribution in [2.24, 2.45) is 0 Å². The van der Waals surface area contributed by atoms with E-state index in [1.807, 2.05) is 16.7 Å². The molecule has 0 saturated carbocycles. The number of aromatic nitrogens is 2. The Hall–Kier alpha value is -2.83. The molecule has 1 unspecified atom stereocenters. The second kappa shape index (κ2) is 8.27. The van der Waals surface area contributed by atoms with E-state index in [0.717, 1.165) is 25.0 Å². The van der Waals surface area contributed by atoms with Gasteiger partial charge in [-0.2, -0.15) is 5.10 Å². The summed E-state index contributed by atoms with van der Waals surface area (Å²) in [5.41, 5.74) is 9.42. The molecule has 7 nitrogen and oxygen atoms in total. The number of nitrogens with two attached hydrogens (primary N) is 1. The molecule has 2 N–H and O–H groups in total. The van der Waals surface area contributed by atoms with E-state index in [1.165, 1.54) is 11.1 Å². The highest BCUT2D eigenvalue weighted by molar-refractivity contribution is 5.78. The van der Waals surface area contributed by atoms with Crippen molar-refractivity contribution in [2.75, 3.05) is 31.9 Å². The number of benzene rings is 1. The van der Waals surface area contributed by atoms with E-state index < -0.39 is 0 Å². The molecule has 0 spiro atoms. The van der Waals surface area contributed by atoms with Crippen molar-refractivity contribution < 1.29 is 9.59 Å². The number of fused-ring (bicyclic) bond motifs is 1. The summed E-state index contributed by atoms with van der Waals surface area (Å²) in [4.78, 5) is 29.4. The van der Waals surface area contributed by atoms with Crippen LogP contribution in [0.5, 0.6) is 0 Å². The first-order valence-corrected chi connectivity index (χ1v) is 10.4. The van der Waals surface area contributed by atoms with Crippen molar-refractivity contribution in [2.45, 2.75) is 45.1 Å². The SMILES string of the molecule is Cc1cc(N)n(CC(=O)N2CCCN(C(=O)CC3CCc4ccccc43)CC2)n1. The molecule has 1 aromatic carbocycles. The van der Waals surface area contributed by atoms with Crippen LogP contribution < -0.4 is 5.73 Å². The molecular weight excluding hydrogens is 366 g/mol. The van der Waals surface area contributed by atoms with Crippen molar-refractivity contribution in [3.05, 3.63) is 47.2 Å². The maximum Gasteiger partial charge on any atom is 0.244 e. The number of nitrogens with zero attached hydrogens (tertiary/aromatic N) is 4. The number of hydrogen-bond acceptors (Lipinski definition) is 4. The van der Waals surface area contributed by atoms with Crippen LogP contribution >= 0.6 is 0 Å². The number of nitrogen functional groups attached to an aromatic ring is 1. The third-order valence-electron chi connectivity index (χ3n) is 6.10. The first kappa shape index (κ1) is 19.5. The predicted molar refractivity (Wildman–Crippen MR) is 111 cm³/mol. The molecule has 0 radical (unpaired) electrons. The quantitative estimate of drug-likeness (QED) is 0.858. The van der Waals surface area contributed by atoms with Crippen molar-refractivity contribution in [3.8, 4) is 0 Å². The highest BCUT2D eigenvalue weighted by Crippen LogP contribution is 2.35. The molecule has 4 rings (SSSR count). The van der Waals surface area contributed by atoms with E-state index in [0.29, 0.717) is 44.3 Å². The highest BCUT2D eigenvalue weighted by Gasteiger charge is 2.28. The molecule has 7 heteroatoms. The van der Waals surface area contributed by atoms with E-state index >= 15 is 0 Å². The summed E-state index contributed by atoms with van der Waals surface area (Å²) in [6.07, 6.45) is 3.47. The molecule has 2 aromatic rings. The number of carbonyl (C=O) groups is 2. The lowest BCUT2D eigenvalue weighted by molar-refractivity contribution is -0.134. The van der Waals surface area contributed by atoms with Gasteiger partial charge in [-0.1, -0.05) is 24.3 Å². The van der Waals surface area contributed by atoms with Crippen LogP contribution in [0, 0.1) is 6.92 Å². The van der Waals surface area contributed by atoms with Crippen molar-refractivity contribution in [1.29, 1.82) is 0 Å². The zero-order valence-electron chi connectivity index (χ0n) is 17.0. The molecule has 2 amide bonds. The second-order valence-corrected chi connectivity index (χ2v) is 8.12. The van der Waals surface area contributed by atoms with Gasteiger partial charge < -0.3 is 15.5 Å². The number of aryl methyl sites for hydroxylation is 2. The normalized spacial score (nSPS) is 19.1. The Labute approximate surface area is 171 Å². The van der Waals surface area contributed by atoms with Gasteiger partial charge in [0.1, 0.15) is 12.4 Å². The van der Waals surface area contributed by atoms with Gasteiger partial charge in [0, 0.05) is 38.7 Å². The fourth-order valence-corrected chi connectivity index (χ4v) is 4.53. The molecule has 1 atom stereocenters. The molecule has 1 aliphatic heterocycles. The third kappa shape index (κ3) is 4.28. The summed E-state index contributed by atoms with van der Waals surface area (Å²) in [5.74, 6) is 1.02. The molecule has 2 aliphatic rings. The van der Waals surface area contributed by atoms with E-state index in [2.05, 4.69) is 29.4 Å². The van der Waals surface area contributed by atoms with Gasteiger partial charge >= 0.3 is 0 Å². The van der Waals surface area contributed by atoms with Crippen LogP contribution in [0.1, 0.15) is 42.0 Å². The predicted octanol–water partition coefficient (Wildman–Crippen LogP) is 1.95. The lowest BCUT2D eigenvalue weighted by Crippen LogP contribution is -2.39. The average Bonchev–Trinajstić information content (AvgIpc) is 3.13. The summed E-state index contributed by atoms with van der Waals surface area (Å²) < 4.78 is 1.54. The highest BCUT2D eigenvalue weighted by atomic mass is 16.2. The first-order chi connectivity index (χ1) is 14.0. The lowest BCUT2D eigenvalue weighted by atomic mass is 9.97. The monoisotopic (exact) mass is 395 g/mol. The molecule has 0 bridgehead atoms.